The van der Waals surface area contributed by atoms with E-state index < -0.39 is 0 Å². The molecule has 4 heteroatoms. The summed E-state index contributed by atoms with van der Waals surface area (Å²) in [6.07, 6.45) is 0. The number of nitrogens with one attached hydrogen (secondary N) is 1. The molecule has 1 aromatic rings. The molecule has 0 saturated carbocycles. The lowest BCUT2D eigenvalue weighted by molar-refractivity contribution is 0.534. The van der Waals surface area contributed by atoms with Crippen molar-refractivity contribution in [3.63, 3.8) is 0 Å². The maximum Gasteiger partial charge on any atom is 0.188 e. The second kappa shape index (κ2) is 6.94. The van der Waals surface area contributed by atoms with E-state index in [0.717, 1.165) is 11.0 Å². The van der Waals surface area contributed by atoms with Gasteiger partial charge < -0.3 is 11.1 Å². The van der Waals surface area contributed by atoms with Crippen LogP contribution >= 0.6 is 15.9 Å². The van der Waals surface area contributed by atoms with Crippen molar-refractivity contribution in [2.45, 2.75) is 33.1 Å². The normalized spacial score (nSPS) is 12.8. The van der Waals surface area contributed by atoms with Crippen molar-refractivity contribution in [2.75, 3.05) is 13.1 Å². The monoisotopic (exact) mass is 325 g/mol. The van der Waals surface area contributed by atoms with Gasteiger partial charge >= 0.3 is 0 Å². The van der Waals surface area contributed by atoms with Gasteiger partial charge in [-0.05, 0) is 17.5 Å². The average molecular weight is 326 g/mol. The Bertz CT molecular complexity index is 439. The van der Waals surface area contributed by atoms with Crippen molar-refractivity contribution < 1.29 is 0 Å². The molecule has 1 rings (SSSR count). The quantitative estimate of drug-likeness (QED) is 0.644. The molecule has 0 heterocycles. The Labute approximate surface area is 124 Å². The van der Waals surface area contributed by atoms with Gasteiger partial charge in [-0.15, -0.1) is 0 Å². The van der Waals surface area contributed by atoms with Crippen molar-refractivity contribution in [2.24, 2.45) is 16.6 Å². The van der Waals surface area contributed by atoms with E-state index in [1.165, 1.54) is 5.56 Å². The molecule has 0 aliphatic heterocycles. The second-order valence-corrected chi connectivity index (χ2v) is 6.69. The molecule has 3 N–H and O–H groups in total. The summed E-state index contributed by atoms with van der Waals surface area (Å²) in [5.74, 6) is 1.08. The lowest BCUT2D eigenvalue weighted by Gasteiger charge is -2.24. The number of halogens is 1. The predicted octanol–water partition coefficient (Wildman–Crippen LogP) is 3.29. The lowest BCUT2D eigenvalue weighted by atomic mass is 9.85. The Balaban J connectivity index is 2.70. The molecule has 0 amide bonds. The fourth-order valence-electron chi connectivity index (χ4n) is 1.74. The molecular formula is C15H24BrN3. The highest BCUT2D eigenvalue weighted by Crippen LogP contribution is 2.30. The van der Waals surface area contributed by atoms with Crippen molar-refractivity contribution in [3.05, 3.63) is 34.3 Å². The molecule has 0 bridgehead atoms. The van der Waals surface area contributed by atoms with E-state index in [1.807, 2.05) is 12.1 Å². The molecular weight excluding hydrogens is 302 g/mol. The highest BCUT2D eigenvalue weighted by atomic mass is 79.9. The highest BCUT2D eigenvalue weighted by Gasteiger charge is 2.22. The van der Waals surface area contributed by atoms with Gasteiger partial charge in [0.05, 0.1) is 6.54 Å². The van der Waals surface area contributed by atoms with Crippen LogP contribution < -0.4 is 11.1 Å². The zero-order valence-corrected chi connectivity index (χ0v) is 13.8. The first-order valence-electron chi connectivity index (χ1n) is 6.61. The molecule has 3 nitrogen and oxygen atoms in total. The molecule has 0 spiro atoms. The summed E-state index contributed by atoms with van der Waals surface area (Å²) in [4.78, 5) is 4.45. The van der Waals surface area contributed by atoms with E-state index in [0.29, 0.717) is 18.4 Å². The lowest BCUT2D eigenvalue weighted by Crippen LogP contribution is -2.35. The van der Waals surface area contributed by atoms with Gasteiger partial charge in [0.1, 0.15) is 0 Å². The Morgan fingerprint density at radius 1 is 1.37 bits per heavy atom. The van der Waals surface area contributed by atoms with Crippen LogP contribution in [0.15, 0.2) is 33.7 Å². The second-order valence-electron chi connectivity index (χ2n) is 5.84. The van der Waals surface area contributed by atoms with E-state index in [1.54, 1.807) is 0 Å². The molecule has 0 saturated heterocycles. The minimum absolute atomic E-state index is 0.0514. The number of benzene rings is 1. The molecule has 106 valence electrons. The fourth-order valence-corrected chi connectivity index (χ4v) is 2.56. The van der Waals surface area contributed by atoms with E-state index >= 15 is 0 Å². The van der Waals surface area contributed by atoms with Gasteiger partial charge in [0.25, 0.3) is 0 Å². The van der Waals surface area contributed by atoms with Crippen molar-refractivity contribution in [1.82, 2.24) is 5.32 Å². The number of guanidine groups is 1. The SMILES string of the molecule is CC(C)CNC(N)=NCC(C)(C)c1ccccc1Br. The first-order chi connectivity index (χ1) is 8.83. The zero-order valence-electron chi connectivity index (χ0n) is 12.2. The van der Waals surface area contributed by atoms with E-state index in [9.17, 15) is 0 Å². The van der Waals surface area contributed by atoms with Gasteiger partial charge in [0.2, 0.25) is 0 Å². The number of nitrogens with zero attached hydrogens (tertiary/aromatic N) is 1. The van der Waals surface area contributed by atoms with Gasteiger partial charge in [0.15, 0.2) is 5.96 Å². The molecule has 0 aliphatic carbocycles. The summed E-state index contributed by atoms with van der Waals surface area (Å²) >= 11 is 3.59. The highest BCUT2D eigenvalue weighted by molar-refractivity contribution is 9.10. The summed E-state index contributed by atoms with van der Waals surface area (Å²) in [5, 5.41) is 3.14. The Morgan fingerprint density at radius 2 is 2.00 bits per heavy atom. The molecule has 1 aromatic carbocycles. The van der Waals surface area contributed by atoms with Gasteiger partial charge in [-0.1, -0.05) is 61.8 Å². The molecule has 0 unspecified atom stereocenters. The topological polar surface area (TPSA) is 50.4 Å². The Kier molecular flexibility index (Phi) is 5.85. The zero-order chi connectivity index (χ0) is 14.5. The van der Waals surface area contributed by atoms with Crippen molar-refractivity contribution in [3.8, 4) is 0 Å². The van der Waals surface area contributed by atoms with Crippen LogP contribution in [0.5, 0.6) is 0 Å². The van der Waals surface area contributed by atoms with Gasteiger partial charge in [-0.2, -0.15) is 0 Å². The van der Waals surface area contributed by atoms with Crippen molar-refractivity contribution in [1.29, 1.82) is 0 Å². The summed E-state index contributed by atoms with van der Waals surface area (Å²) in [7, 11) is 0. The minimum Gasteiger partial charge on any atom is -0.370 e. The first-order valence-corrected chi connectivity index (χ1v) is 7.41. The van der Waals surface area contributed by atoms with Crippen LogP contribution in [-0.2, 0) is 5.41 Å². The van der Waals surface area contributed by atoms with Crippen molar-refractivity contribution >= 4 is 21.9 Å². The van der Waals surface area contributed by atoms with Gasteiger partial charge in [0, 0.05) is 16.4 Å². The number of hydrogen-bond acceptors (Lipinski definition) is 1. The average Bonchev–Trinajstić information content (AvgIpc) is 2.34. The van der Waals surface area contributed by atoms with Crippen LogP contribution in [0, 0.1) is 5.92 Å². The summed E-state index contributed by atoms with van der Waals surface area (Å²) in [5.41, 5.74) is 7.07. The molecule has 0 atom stereocenters. The molecule has 19 heavy (non-hydrogen) atoms. The molecule has 0 aromatic heterocycles. The van der Waals surface area contributed by atoms with Crippen LogP contribution in [0.25, 0.3) is 0 Å². The van der Waals surface area contributed by atoms with Crippen LogP contribution in [0.3, 0.4) is 0 Å². The predicted molar refractivity (Wildman–Crippen MR) is 86.5 cm³/mol. The van der Waals surface area contributed by atoms with E-state index in [4.69, 9.17) is 5.73 Å². The maximum absolute atomic E-state index is 5.87. The van der Waals surface area contributed by atoms with Crippen LogP contribution in [-0.4, -0.2) is 19.0 Å². The van der Waals surface area contributed by atoms with Crippen LogP contribution in [0.2, 0.25) is 0 Å². The smallest absolute Gasteiger partial charge is 0.188 e. The standard InChI is InChI=1S/C15H24BrN3/c1-11(2)9-18-14(17)19-10-15(3,4)12-7-5-6-8-13(12)16/h5-8,11H,9-10H2,1-4H3,(H3,17,18,19). The Hall–Kier alpha value is -1.03. The number of aliphatic imine (C=N–C) groups is 1. The Morgan fingerprint density at radius 3 is 2.58 bits per heavy atom. The molecule has 0 radical (unpaired) electrons. The summed E-state index contributed by atoms with van der Waals surface area (Å²) in [6.45, 7) is 10.1. The largest absolute Gasteiger partial charge is 0.370 e. The molecule has 0 aliphatic rings. The van der Waals surface area contributed by atoms with E-state index in [-0.39, 0.29) is 5.41 Å². The maximum atomic E-state index is 5.87. The van der Waals surface area contributed by atoms with Gasteiger partial charge in [-0.3, -0.25) is 4.99 Å². The number of nitrogens with two attached hydrogens (primary N) is 1. The van der Waals surface area contributed by atoms with Gasteiger partial charge in [-0.25, -0.2) is 0 Å². The van der Waals surface area contributed by atoms with Crippen LogP contribution in [0.4, 0.5) is 0 Å². The van der Waals surface area contributed by atoms with E-state index in [2.05, 4.69) is 66.1 Å². The first kappa shape index (κ1) is 16.0. The third-order valence-corrected chi connectivity index (χ3v) is 3.63. The number of rotatable bonds is 5. The molecule has 0 fully saturated rings. The summed E-state index contributed by atoms with van der Waals surface area (Å²) in [6, 6.07) is 8.25. The third-order valence-electron chi connectivity index (χ3n) is 2.94. The number of hydrogen-bond donors (Lipinski definition) is 2. The minimum atomic E-state index is -0.0514. The summed E-state index contributed by atoms with van der Waals surface area (Å²) < 4.78 is 1.11. The van der Waals surface area contributed by atoms with Crippen LogP contribution in [0.1, 0.15) is 33.3 Å². The third kappa shape index (κ3) is 5.23. The fraction of sp³-hybridized carbons (Fsp3) is 0.533.